The molecule has 0 atom stereocenters. The lowest BCUT2D eigenvalue weighted by atomic mass is 10.2. The Morgan fingerprint density at radius 3 is 2.71 bits per heavy atom. The molecule has 0 aliphatic carbocycles. The van der Waals surface area contributed by atoms with Crippen molar-refractivity contribution in [2.75, 3.05) is 50.6 Å². The largest absolute Gasteiger partial charge is 0.495 e. The summed E-state index contributed by atoms with van der Waals surface area (Å²) in [7, 11) is 3.77. The summed E-state index contributed by atoms with van der Waals surface area (Å²) in [6.45, 7) is 4.08. The predicted molar refractivity (Wildman–Crippen MR) is 99.4 cm³/mol. The molecule has 0 spiro atoms. The minimum atomic E-state index is -0.0220. The van der Waals surface area contributed by atoms with Gasteiger partial charge in [0, 0.05) is 36.7 Å². The molecule has 0 bridgehead atoms. The Kier molecular flexibility index (Phi) is 5.37. The molecule has 1 aromatic heterocycles. The lowest BCUT2D eigenvalue weighted by Crippen LogP contribution is -2.44. The van der Waals surface area contributed by atoms with Gasteiger partial charge in [-0.25, -0.2) is 0 Å². The molecule has 6 heteroatoms. The van der Waals surface area contributed by atoms with Gasteiger partial charge in [-0.15, -0.1) is 11.3 Å². The molecule has 1 aliphatic rings. The van der Waals surface area contributed by atoms with Crippen molar-refractivity contribution >= 4 is 28.6 Å². The third kappa shape index (κ3) is 4.07. The minimum Gasteiger partial charge on any atom is -0.495 e. The Morgan fingerprint density at radius 1 is 1.25 bits per heavy atom. The summed E-state index contributed by atoms with van der Waals surface area (Å²) in [5.41, 5.74) is 1.85. The van der Waals surface area contributed by atoms with Gasteiger partial charge in [0.1, 0.15) is 5.75 Å². The number of benzene rings is 1. The van der Waals surface area contributed by atoms with Gasteiger partial charge in [-0.3, -0.25) is 4.79 Å². The molecule has 1 aromatic carbocycles. The summed E-state index contributed by atoms with van der Waals surface area (Å²) >= 11 is 1.59. The van der Waals surface area contributed by atoms with Crippen LogP contribution >= 0.6 is 11.3 Å². The number of amides is 1. The summed E-state index contributed by atoms with van der Waals surface area (Å²) in [6, 6.07) is 9.92. The zero-order valence-corrected chi connectivity index (χ0v) is 14.9. The van der Waals surface area contributed by atoms with Crippen LogP contribution in [0.4, 0.5) is 11.4 Å². The number of ether oxygens (including phenoxy) is 1. The second kappa shape index (κ2) is 7.68. The summed E-state index contributed by atoms with van der Waals surface area (Å²) < 4.78 is 5.40. The molecule has 1 fully saturated rings. The highest BCUT2D eigenvalue weighted by molar-refractivity contribution is 7.10. The predicted octanol–water partition coefficient (Wildman–Crippen LogP) is 2.69. The monoisotopic (exact) mass is 345 g/mol. The third-order valence-electron chi connectivity index (χ3n) is 4.24. The fraction of sp³-hybridized carbons (Fsp3) is 0.389. The van der Waals surface area contributed by atoms with E-state index >= 15 is 0 Å². The first-order chi connectivity index (χ1) is 11.7. The van der Waals surface area contributed by atoms with E-state index in [1.54, 1.807) is 18.4 Å². The number of carbonyl (C=O) groups is 1. The maximum atomic E-state index is 12.3. The van der Waals surface area contributed by atoms with Crippen molar-refractivity contribution in [1.82, 2.24) is 4.90 Å². The molecule has 0 unspecified atom stereocenters. The van der Waals surface area contributed by atoms with Gasteiger partial charge < -0.3 is 19.9 Å². The van der Waals surface area contributed by atoms with E-state index in [9.17, 15) is 4.79 Å². The number of hydrogen-bond donors (Lipinski definition) is 1. The van der Waals surface area contributed by atoms with Crippen molar-refractivity contribution in [3.63, 3.8) is 0 Å². The van der Waals surface area contributed by atoms with Crippen LogP contribution in [0.3, 0.4) is 0 Å². The van der Waals surface area contributed by atoms with Gasteiger partial charge in [0.25, 0.3) is 0 Å². The molecular formula is C18H23N3O2S. The van der Waals surface area contributed by atoms with Crippen molar-refractivity contribution in [1.29, 1.82) is 0 Å². The van der Waals surface area contributed by atoms with Crippen LogP contribution < -0.4 is 15.0 Å². The second-order valence-electron chi connectivity index (χ2n) is 5.98. The van der Waals surface area contributed by atoms with Gasteiger partial charge in [0.05, 0.1) is 19.2 Å². The zero-order valence-electron chi connectivity index (χ0n) is 14.1. The average molecular weight is 345 g/mol. The first-order valence-corrected chi connectivity index (χ1v) is 8.97. The number of anilines is 2. The molecule has 1 saturated heterocycles. The summed E-state index contributed by atoms with van der Waals surface area (Å²) in [5, 5.41) is 4.98. The third-order valence-corrected chi connectivity index (χ3v) is 5.12. The first-order valence-electron chi connectivity index (χ1n) is 8.09. The van der Waals surface area contributed by atoms with Gasteiger partial charge >= 0.3 is 0 Å². The Morgan fingerprint density at radius 2 is 2.04 bits per heavy atom. The van der Waals surface area contributed by atoms with Crippen molar-refractivity contribution in [2.45, 2.75) is 6.42 Å². The Hall–Kier alpha value is -2.05. The van der Waals surface area contributed by atoms with E-state index in [1.165, 1.54) is 0 Å². The number of thiophene rings is 1. The number of nitrogens with zero attached hydrogens (tertiary/aromatic N) is 2. The minimum absolute atomic E-state index is 0.0220. The second-order valence-corrected chi connectivity index (χ2v) is 7.01. The average Bonchev–Trinajstić information content (AvgIpc) is 3.08. The number of piperazine rings is 1. The summed E-state index contributed by atoms with van der Waals surface area (Å²) in [6.07, 6.45) is 0.388. The van der Waals surface area contributed by atoms with E-state index in [0.29, 0.717) is 12.2 Å². The van der Waals surface area contributed by atoms with E-state index in [-0.39, 0.29) is 5.91 Å². The number of nitrogens with one attached hydrogen (secondary N) is 1. The lowest BCUT2D eigenvalue weighted by Gasteiger charge is -2.34. The Bertz CT molecular complexity index is 680. The molecule has 1 aliphatic heterocycles. The standard InChI is InChI=1S/C18H23N3O2S/c1-20-7-9-21(10-8-20)14-5-6-17(23-2)16(12-14)19-18(22)13-15-4-3-11-24-15/h3-6,11-12H,7-10,13H2,1-2H3,(H,19,22). The van der Waals surface area contributed by atoms with Crippen molar-refractivity contribution in [2.24, 2.45) is 0 Å². The maximum Gasteiger partial charge on any atom is 0.229 e. The highest BCUT2D eigenvalue weighted by atomic mass is 32.1. The SMILES string of the molecule is COc1ccc(N2CCN(C)CC2)cc1NC(=O)Cc1cccs1. The lowest BCUT2D eigenvalue weighted by molar-refractivity contribution is -0.115. The van der Waals surface area contributed by atoms with Crippen molar-refractivity contribution < 1.29 is 9.53 Å². The number of carbonyl (C=O) groups excluding carboxylic acids is 1. The molecule has 0 radical (unpaired) electrons. The maximum absolute atomic E-state index is 12.3. The number of methoxy groups -OCH3 is 1. The molecule has 0 saturated carbocycles. The van der Waals surface area contributed by atoms with E-state index in [2.05, 4.69) is 28.2 Å². The fourth-order valence-electron chi connectivity index (χ4n) is 2.82. The highest BCUT2D eigenvalue weighted by Gasteiger charge is 2.16. The van der Waals surface area contributed by atoms with Crippen LogP contribution in [0.5, 0.6) is 5.75 Å². The zero-order chi connectivity index (χ0) is 16.9. The van der Waals surface area contributed by atoms with Crippen LogP contribution in [-0.4, -0.2) is 51.1 Å². The van der Waals surface area contributed by atoms with Crippen LogP contribution in [0.15, 0.2) is 35.7 Å². The topological polar surface area (TPSA) is 44.8 Å². The van der Waals surface area contributed by atoms with Crippen LogP contribution in [0.25, 0.3) is 0 Å². The van der Waals surface area contributed by atoms with Gasteiger partial charge in [-0.05, 0) is 36.7 Å². The van der Waals surface area contributed by atoms with E-state index in [4.69, 9.17) is 4.74 Å². The molecule has 24 heavy (non-hydrogen) atoms. The molecule has 5 nitrogen and oxygen atoms in total. The van der Waals surface area contributed by atoms with Gasteiger partial charge in [0.2, 0.25) is 5.91 Å². The van der Waals surface area contributed by atoms with Gasteiger partial charge in [-0.1, -0.05) is 6.07 Å². The van der Waals surface area contributed by atoms with Crippen LogP contribution in [0.1, 0.15) is 4.88 Å². The quantitative estimate of drug-likeness (QED) is 0.905. The molecule has 1 amide bonds. The summed E-state index contributed by atoms with van der Waals surface area (Å²) in [5.74, 6) is 0.665. The van der Waals surface area contributed by atoms with Crippen LogP contribution in [0.2, 0.25) is 0 Å². The molecule has 3 rings (SSSR count). The Labute approximate surface area is 146 Å². The number of likely N-dealkylation sites (N-methyl/N-ethyl adjacent to an activating group) is 1. The van der Waals surface area contributed by atoms with Crippen molar-refractivity contribution in [3.8, 4) is 5.75 Å². The number of hydrogen-bond acceptors (Lipinski definition) is 5. The van der Waals surface area contributed by atoms with Crippen LogP contribution in [0, 0.1) is 0 Å². The first kappa shape index (κ1) is 16.8. The number of rotatable bonds is 5. The van der Waals surface area contributed by atoms with Gasteiger partial charge in [-0.2, -0.15) is 0 Å². The normalized spacial score (nSPS) is 15.3. The van der Waals surface area contributed by atoms with E-state index in [1.807, 2.05) is 29.6 Å². The Balaban J connectivity index is 1.73. The molecule has 2 aromatic rings. The van der Waals surface area contributed by atoms with Gasteiger partial charge in [0.15, 0.2) is 0 Å². The van der Waals surface area contributed by atoms with E-state index < -0.39 is 0 Å². The molecule has 128 valence electrons. The summed E-state index contributed by atoms with van der Waals surface area (Å²) in [4.78, 5) is 18.0. The highest BCUT2D eigenvalue weighted by Crippen LogP contribution is 2.30. The van der Waals surface area contributed by atoms with Crippen LogP contribution in [-0.2, 0) is 11.2 Å². The van der Waals surface area contributed by atoms with Crippen molar-refractivity contribution in [3.05, 3.63) is 40.6 Å². The molecule has 1 N–H and O–H groups in total. The molecule has 2 heterocycles. The molecular weight excluding hydrogens is 322 g/mol. The fourth-order valence-corrected chi connectivity index (χ4v) is 3.52. The smallest absolute Gasteiger partial charge is 0.229 e. The van der Waals surface area contributed by atoms with E-state index in [0.717, 1.165) is 42.4 Å².